The molecule has 2 aromatic carbocycles. The molecule has 0 atom stereocenters. The molecular weight excluding hydrogens is 332 g/mol. The van der Waals surface area contributed by atoms with Crippen molar-refractivity contribution in [2.45, 2.75) is 6.42 Å². The van der Waals surface area contributed by atoms with Crippen LogP contribution in [0.1, 0.15) is 5.56 Å². The van der Waals surface area contributed by atoms with Gasteiger partial charge in [0.15, 0.2) is 6.61 Å². The highest BCUT2D eigenvalue weighted by Crippen LogP contribution is 2.17. The molecular formula is C20H18N2O4. The van der Waals surface area contributed by atoms with E-state index in [2.05, 4.69) is 10.3 Å². The molecule has 1 N–H and O–H groups in total. The van der Waals surface area contributed by atoms with Crippen LogP contribution in [0.3, 0.4) is 0 Å². The topological polar surface area (TPSA) is 77.5 Å². The summed E-state index contributed by atoms with van der Waals surface area (Å²) < 4.78 is 10.2. The van der Waals surface area contributed by atoms with Crippen LogP contribution in [0.5, 0.6) is 5.75 Å². The zero-order valence-corrected chi connectivity index (χ0v) is 14.3. The first-order valence-electron chi connectivity index (χ1n) is 8.08. The minimum atomic E-state index is -0.482. The SMILES string of the molecule is COc1cccc(NC(=O)COC(=O)Cc2cccc3cccnc23)c1. The molecule has 0 spiro atoms. The number of fused-ring (bicyclic) bond motifs is 1. The molecule has 0 fully saturated rings. The lowest BCUT2D eigenvalue weighted by atomic mass is 10.1. The van der Waals surface area contributed by atoms with Gasteiger partial charge in [0.25, 0.3) is 5.91 Å². The summed E-state index contributed by atoms with van der Waals surface area (Å²) in [6.45, 7) is -0.353. The Hall–Kier alpha value is -3.41. The molecule has 132 valence electrons. The first kappa shape index (κ1) is 17.4. The van der Waals surface area contributed by atoms with Crippen LogP contribution in [0, 0.1) is 0 Å². The number of ether oxygens (including phenoxy) is 2. The van der Waals surface area contributed by atoms with E-state index in [4.69, 9.17) is 9.47 Å². The van der Waals surface area contributed by atoms with Gasteiger partial charge in [0.05, 0.1) is 19.0 Å². The van der Waals surface area contributed by atoms with E-state index in [1.807, 2.05) is 30.3 Å². The second-order valence-corrected chi connectivity index (χ2v) is 5.61. The summed E-state index contributed by atoms with van der Waals surface area (Å²) in [6.07, 6.45) is 1.74. The van der Waals surface area contributed by atoms with Crippen LogP contribution < -0.4 is 10.1 Å². The van der Waals surface area contributed by atoms with Gasteiger partial charge in [-0.3, -0.25) is 14.6 Å². The highest BCUT2D eigenvalue weighted by atomic mass is 16.5. The number of carbonyl (C=O) groups is 2. The zero-order valence-electron chi connectivity index (χ0n) is 14.3. The molecule has 0 bridgehead atoms. The number of nitrogens with one attached hydrogen (secondary N) is 1. The van der Waals surface area contributed by atoms with Gasteiger partial charge < -0.3 is 14.8 Å². The largest absolute Gasteiger partial charge is 0.497 e. The number of pyridine rings is 1. The Morgan fingerprint density at radius 2 is 1.88 bits per heavy atom. The number of para-hydroxylation sites is 1. The van der Waals surface area contributed by atoms with Crippen molar-refractivity contribution < 1.29 is 19.1 Å². The molecule has 0 saturated carbocycles. The normalized spacial score (nSPS) is 10.3. The summed E-state index contributed by atoms with van der Waals surface area (Å²) in [7, 11) is 1.55. The minimum Gasteiger partial charge on any atom is -0.497 e. The van der Waals surface area contributed by atoms with Crippen molar-refractivity contribution in [3.8, 4) is 5.75 Å². The third-order valence-corrected chi connectivity index (χ3v) is 3.77. The van der Waals surface area contributed by atoms with Crippen LogP contribution >= 0.6 is 0 Å². The lowest BCUT2D eigenvalue weighted by Crippen LogP contribution is -2.21. The van der Waals surface area contributed by atoms with Gasteiger partial charge in [-0.15, -0.1) is 0 Å². The maximum Gasteiger partial charge on any atom is 0.310 e. The number of benzene rings is 2. The standard InChI is InChI=1S/C20H18N2O4/c1-25-17-9-3-8-16(12-17)22-18(23)13-26-19(24)11-15-6-2-5-14-7-4-10-21-20(14)15/h2-10,12H,11,13H2,1H3,(H,22,23). The number of hydrogen-bond acceptors (Lipinski definition) is 5. The number of rotatable bonds is 6. The lowest BCUT2D eigenvalue weighted by Gasteiger charge is -2.08. The quantitative estimate of drug-likeness (QED) is 0.692. The maximum atomic E-state index is 12.1. The fraction of sp³-hybridized carbons (Fsp3) is 0.150. The second kappa shape index (κ2) is 8.11. The van der Waals surface area contributed by atoms with Crippen molar-refractivity contribution in [3.05, 3.63) is 66.4 Å². The van der Waals surface area contributed by atoms with E-state index in [-0.39, 0.29) is 13.0 Å². The van der Waals surface area contributed by atoms with Gasteiger partial charge in [-0.1, -0.05) is 30.3 Å². The number of carbonyl (C=O) groups excluding carboxylic acids is 2. The first-order chi connectivity index (χ1) is 12.7. The molecule has 1 amide bonds. The zero-order chi connectivity index (χ0) is 18.4. The Balaban J connectivity index is 1.55. The Kier molecular flexibility index (Phi) is 5.43. The van der Waals surface area contributed by atoms with Gasteiger partial charge >= 0.3 is 5.97 Å². The van der Waals surface area contributed by atoms with E-state index in [0.29, 0.717) is 11.4 Å². The molecule has 1 heterocycles. The van der Waals surface area contributed by atoms with Crippen LogP contribution in [0.15, 0.2) is 60.8 Å². The van der Waals surface area contributed by atoms with Crippen LogP contribution in [0.4, 0.5) is 5.69 Å². The van der Waals surface area contributed by atoms with Crippen LogP contribution in [-0.2, 0) is 20.7 Å². The molecule has 0 unspecified atom stereocenters. The van der Waals surface area contributed by atoms with Gasteiger partial charge in [-0.2, -0.15) is 0 Å². The first-order valence-corrected chi connectivity index (χ1v) is 8.08. The Bertz CT molecular complexity index is 935. The van der Waals surface area contributed by atoms with E-state index in [1.54, 1.807) is 37.6 Å². The van der Waals surface area contributed by atoms with Crippen molar-refractivity contribution in [2.24, 2.45) is 0 Å². The summed E-state index contributed by atoms with van der Waals surface area (Å²) in [5, 5.41) is 3.61. The van der Waals surface area contributed by atoms with Crippen molar-refractivity contribution in [1.29, 1.82) is 0 Å². The summed E-state index contributed by atoms with van der Waals surface area (Å²) in [5.41, 5.74) is 2.10. The summed E-state index contributed by atoms with van der Waals surface area (Å²) in [5.74, 6) is -0.269. The monoisotopic (exact) mass is 350 g/mol. The van der Waals surface area contributed by atoms with E-state index >= 15 is 0 Å². The molecule has 0 aliphatic rings. The smallest absolute Gasteiger partial charge is 0.310 e. The average Bonchev–Trinajstić information content (AvgIpc) is 2.67. The average molecular weight is 350 g/mol. The van der Waals surface area contributed by atoms with E-state index in [1.165, 1.54) is 0 Å². The van der Waals surface area contributed by atoms with Crippen molar-refractivity contribution in [1.82, 2.24) is 4.98 Å². The number of aromatic nitrogens is 1. The molecule has 0 radical (unpaired) electrons. The minimum absolute atomic E-state index is 0.0563. The van der Waals surface area contributed by atoms with Gasteiger partial charge in [-0.05, 0) is 23.8 Å². The molecule has 0 saturated heterocycles. The highest BCUT2D eigenvalue weighted by Gasteiger charge is 2.11. The highest BCUT2D eigenvalue weighted by molar-refractivity contribution is 5.93. The number of nitrogens with zero attached hydrogens (tertiary/aromatic N) is 1. The Morgan fingerprint density at radius 3 is 2.73 bits per heavy atom. The summed E-state index contributed by atoms with van der Waals surface area (Å²) >= 11 is 0. The fourth-order valence-electron chi connectivity index (χ4n) is 2.56. The van der Waals surface area contributed by atoms with Crippen LogP contribution in [0.2, 0.25) is 0 Å². The Morgan fingerprint density at radius 1 is 1.08 bits per heavy atom. The number of methoxy groups -OCH3 is 1. The maximum absolute atomic E-state index is 12.1. The fourth-order valence-corrected chi connectivity index (χ4v) is 2.56. The van der Waals surface area contributed by atoms with E-state index in [9.17, 15) is 9.59 Å². The van der Waals surface area contributed by atoms with E-state index in [0.717, 1.165) is 16.5 Å². The molecule has 3 aromatic rings. The molecule has 1 aromatic heterocycles. The second-order valence-electron chi connectivity index (χ2n) is 5.61. The number of amides is 1. The molecule has 0 aliphatic carbocycles. The van der Waals surface area contributed by atoms with Gasteiger partial charge in [0, 0.05) is 23.3 Å². The Labute approximate surface area is 150 Å². The van der Waals surface area contributed by atoms with Gasteiger partial charge in [0.1, 0.15) is 5.75 Å². The predicted octanol–water partition coefficient (Wildman–Crippen LogP) is 2.97. The third-order valence-electron chi connectivity index (χ3n) is 3.77. The summed E-state index contributed by atoms with van der Waals surface area (Å²) in [4.78, 5) is 28.3. The molecule has 26 heavy (non-hydrogen) atoms. The predicted molar refractivity (Wildman–Crippen MR) is 98.0 cm³/mol. The lowest BCUT2D eigenvalue weighted by molar-refractivity contribution is -0.146. The molecule has 6 heteroatoms. The summed E-state index contributed by atoms with van der Waals surface area (Å²) in [6, 6.07) is 16.3. The van der Waals surface area contributed by atoms with Crippen molar-refractivity contribution in [2.75, 3.05) is 19.0 Å². The van der Waals surface area contributed by atoms with Crippen molar-refractivity contribution in [3.63, 3.8) is 0 Å². The number of esters is 1. The molecule has 6 nitrogen and oxygen atoms in total. The van der Waals surface area contributed by atoms with Gasteiger partial charge in [-0.25, -0.2) is 0 Å². The number of anilines is 1. The van der Waals surface area contributed by atoms with Crippen molar-refractivity contribution >= 4 is 28.5 Å². The van der Waals surface area contributed by atoms with Crippen LogP contribution in [-0.4, -0.2) is 30.6 Å². The van der Waals surface area contributed by atoms with Crippen LogP contribution in [0.25, 0.3) is 10.9 Å². The third kappa shape index (κ3) is 4.36. The van der Waals surface area contributed by atoms with Gasteiger partial charge in [0.2, 0.25) is 0 Å². The number of hydrogen-bond donors (Lipinski definition) is 1. The molecule has 0 aliphatic heterocycles. The molecule has 3 rings (SSSR count). The van der Waals surface area contributed by atoms with E-state index < -0.39 is 11.9 Å².